The van der Waals surface area contributed by atoms with Gasteiger partial charge in [0.2, 0.25) is 0 Å². The molecule has 0 spiro atoms. The van der Waals surface area contributed by atoms with Crippen LogP contribution in [0.1, 0.15) is 27.0 Å². The second kappa shape index (κ2) is 9.75. The van der Waals surface area contributed by atoms with Gasteiger partial charge < -0.3 is 9.47 Å². The molecule has 1 N–H and O–H groups in total. The van der Waals surface area contributed by atoms with E-state index in [0.717, 1.165) is 11.1 Å². The van der Waals surface area contributed by atoms with Gasteiger partial charge >= 0.3 is 0 Å². The van der Waals surface area contributed by atoms with Crippen molar-refractivity contribution in [2.24, 2.45) is 5.10 Å². The smallest absolute Gasteiger partial charge is 0.271 e. The molecule has 3 aromatic carbocycles. The monoisotopic (exact) mass is 408 g/mol. The molecule has 3 aromatic rings. The molecule has 1 amide bonds. The molecule has 5 nitrogen and oxygen atoms in total. The lowest BCUT2D eigenvalue weighted by Gasteiger charge is -2.11. The summed E-state index contributed by atoms with van der Waals surface area (Å²) in [6.07, 6.45) is 1.54. The van der Waals surface area contributed by atoms with Gasteiger partial charge in [-0.2, -0.15) is 5.10 Å². The Morgan fingerprint density at radius 3 is 2.45 bits per heavy atom. The van der Waals surface area contributed by atoms with Crippen molar-refractivity contribution in [1.82, 2.24) is 5.43 Å². The van der Waals surface area contributed by atoms with E-state index in [1.807, 2.05) is 43.3 Å². The van der Waals surface area contributed by atoms with Crippen molar-refractivity contribution >= 4 is 23.7 Å². The molecule has 0 saturated heterocycles. The Morgan fingerprint density at radius 1 is 1.03 bits per heavy atom. The highest BCUT2D eigenvalue weighted by molar-refractivity contribution is 6.30. The zero-order valence-electron chi connectivity index (χ0n) is 16.2. The van der Waals surface area contributed by atoms with E-state index in [0.29, 0.717) is 28.7 Å². The minimum atomic E-state index is -0.317. The predicted molar refractivity (Wildman–Crippen MR) is 115 cm³/mol. The average molecular weight is 409 g/mol. The summed E-state index contributed by atoms with van der Waals surface area (Å²) in [6.45, 7) is 2.49. The van der Waals surface area contributed by atoms with Crippen LogP contribution < -0.4 is 14.9 Å². The van der Waals surface area contributed by atoms with E-state index in [2.05, 4.69) is 10.5 Å². The standard InChI is InChI=1S/C23H21ClN2O3/c1-16-3-5-17(6-4-16)15-29-21-12-7-18(13-22(21)28-2)14-25-26-23(27)19-8-10-20(24)11-9-19/h3-14H,15H2,1-2H3,(H,26,27)/b25-14-. The van der Waals surface area contributed by atoms with Gasteiger partial charge in [-0.1, -0.05) is 41.4 Å². The molecule has 148 valence electrons. The summed E-state index contributed by atoms with van der Waals surface area (Å²) < 4.78 is 11.3. The molecule has 6 heteroatoms. The van der Waals surface area contributed by atoms with Crippen molar-refractivity contribution in [2.75, 3.05) is 7.11 Å². The van der Waals surface area contributed by atoms with E-state index in [1.165, 1.54) is 5.56 Å². The topological polar surface area (TPSA) is 59.9 Å². The molecule has 0 radical (unpaired) electrons. The van der Waals surface area contributed by atoms with Crippen LogP contribution >= 0.6 is 11.6 Å². The van der Waals surface area contributed by atoms with Gasteiger partial charge in [0.1, 0.15) is 6.61 Å². The molecule has 0 heterocycles. The second-order valence-electron chi connectivity index (χ2n) is 6.39. The van der Waals surface area contributed by atoms with Crippen LogP contribution in [0.5, 0.6) is 11.5 Å². The van der Waals surface area contributed by atoms with Crippen LogP contribution in [0.25, 0.3) is 0 Å². The maximum atomic E-state index is 12.1. The van der Waals surface area contributed by atoms with Crippen LogP contribution in [0.2, 0.25) is 5.02 Å². The number of nitrogens with zero attached hydrogens (tertiary/aromatic N) is 1. The molecule has 0 fully saturated rings. The molecular weight excluding hydrogens is 388 g/mol. The number of hydrogen-bond donors (Lipinski definition) is 1. The Kier molecular flexibility index (Phi) is 6.87. The zero-order chi connectivity index (χ0) is 20.6. The van der Waals surface area contributed by atoms with Crippen molar-refractivity contribution < 1.29 is 14.3 Å². The molecule has 0 aromatic heterocycles. The molecule has 0 aliphatic carbocycles. The first-order valence-electron chi connectivity index (χ1n) is 9.00. The Balaban J connectivity index is 1.61. The van der Waals surface area contributed by atoms with Crippen LogP contribution in [0.4, 0.5) is 0 Å². The van der Waals surface area contributed by atoms with Crippen molar-refractivity contribution in [3.05, 3.63) is 94.0 Å². The number of nitrogens with one attached hydrogen (secondary N) is 1. The third-order valence-corrected chi connectivity index (χ3v) is 4.44. The second-order valence-corrected chi connectivity index (χ2v) is 6.83. The number of aryl methyl sites for hydroxylation is 1. The molecule has 0 bridgehead atoms. The minimum absolute atomic E-state index is 0.317. The molecule has 0 saturated carbocycles. The quantitative estimate of drug-likeness (QED) is 0.442. The summed E-state index contributed by atoms with van der Waals surface area (Å²) in [4.78, 5) is 12.1. The predicted octanol–water partition coefficient (Wildman–Crippen LogP) is 5.00. The summed E-state index contributed by atoms with van der Waals surface area (Å²) in [5.41, 5.74) is 6.01. The van der Waals surface area contributed by atoms with Gasteiger partial charge in [0.25, 0.3) is 5.91 Å². The average Bonchev–Trinajstić information content (AvgIpc) is 2.74. The minimum Gasteiger partial charge on any atom is -0.493 e. The van der Waals surface area contributed by atoms with Gasteiger partial charge in [0.15, 0.2) is 11.5 Å². The lowest BCUT2D eigenvalue weighted by molar-refractivity contribution is 0.0955. The maximum Gasteiger partial charge on any atom is 0.271 e. The zero-order valence-corrected chi connectivity index (χ0v) is 16.9. The van der Waals surface area contributed by atoms with Crippen molar-refractivity contribution in [3.63, 3.8) is 0 Å². The van der Waals surface area contributed by atoms with E-state index in [4.69, 9.17) is 21.1 Å². The molecule has 0 aliphatic heterocycles. The highest BCUT2D eigenvalue weighted by Crippen LogP contribution is 2.28. The number of benzene rings is 3. The summed E-state index contributed by atoms with van der Waals surface area (Å²) in [7, 11) is 1.58. The summed E-state index contributed by atoms with van der Waals surface area (Å²) in [6, 6.07) is 20.2. The van der Waals surface area contributed by atoms with Gasteiger partial charge in [-0.3, -0.25) is 4.79 Å². The number of halogens is 1. The fourth-order valence-corrected chi connectivity index (χ4v) is 2.69. The van der Waals surface area contributed by atoms with Crippen LogP contribution in [-0.4, -0.2) is 19.2 Å². The van der Waals surface area contributed by atoms with Gasteiger partial charge in [0, 0.05) is 10.6 Å². The number of amides is 1. The first kappa shape index (κ1) is 20.4. The maximum absolute atomic E-state index is 12.1. The lowest BCUT2D eigenvalue weighted by Crippen LogP contribution is -2.17. The number of ether oxygens (including phenoxy) is 2. The van der Waals surface area contributed by atoms with Gasteiger partial charge in [-0.15, -0.1) is 0 Å². The Labute approximate surface area is 174 Å². The SMILES string of the molecule is COc1cc(/C=N\NC(=O)c2ccc(Cl)cc2)ccc1OCc1ccc(C)cc1. The Hall–Kier alpha value is -3.31. The van der Waals surface area contributed by atoms with Crippen molar-refractivity contribution in [2.45, 2.75) is 13.5 Å². The molecule has 0 atom stereocenters. The largest absolute Gasteiger partial charge is 0.493 e. The van der Waals surface area contributed by atoms with Crippen LogP contribution in [0.3, 0.4) is 0 Å². The normalized spacial score (nSPS) is 10.7. The van der Waals surface area contributed by atoms with Gasteiger partial charge in [0.05, 0.1) is 13.3 Å². The van der Waals surface area contributed by atoms with Crippen LogP contribution in [-0.2, 0) is 6.61 Å². The van der Waals surface area contributed by atoms with E-state index in [-0.39, 0.29) is 5.91 Å². The Morgan fingerprint density at radius 2 is 1.76 bits per heavy atom. The van der Waals surface area contributed by atoms with E-state index in [9.17, 15) is 4.79 Å². The third-order valence-electron chi connectivity index (χ3n) is 4.19. The number of rotatable bonds is 7. The first-order chi connectivity index (χ1) is 14.0. The molecular formula is C23H21ClN2O3. The van der Waals surface area contributed by atoms with Crippen molar-refractivity contribution in [1.29, 1.82) is 0 Å². The number of methoxy groups -OCH3 is 1. The molecule has 3 rings (SSSR count). The number of hydrogen-bond acceptors (Lipinski definition) is 4. The highest BCUT2D eigenvalue weighted by Gasteiger charge is 2.07. The highest BCUT2D eigenvalue weighted by atomic mass is 35.5. The van der Waals surface area contributed by atoms with E-state index in [1.54, 1.807) is 43.7 Å². The number of hydrazone groups is 1. The fraction of sp³-hybridized carbons (Fsp3) is 0.130. The van der Waals surface area contributed by atoms with Crippen molar-refractivity contribution in [3.8, 4) is 11.5 Å². The molecule has 0 unspecified atom stereocenters. The number of carbonyl (C=O) groups excluding carboxylic acids is 1. The summed E-state index contributed by atoms with van der Waals surface area (Å²) >= 11 is 5.82. The Bertz CT molecular complexity index is 1000. The fourth-order valence-electron chi connectivity index (χ4n) is 2.56. The number of carbonyl (C=O) groups is 1. The van der Waals surface area contributed by atoms with Crippen LogP contribution in [0, 0.1) is 6.92 Å². The summed E-state index contributed by atoms with van der Waals surface area (Å²) in [5, 5.41) is 4.56. The van der Waals surface area contributed by atoms with E-state index >= 15 is 0 Å². The van der Waals surface area contributed by atoms with E-state index < -0.39 is 0 Å². The molecule has 0 aliphatic rings. The van der Waals surface area contributed by atoms with Gasteiger partial charge in [-0.25, -0.2) is 5.43 Å². The van der Waals surface area contributed by atoms with Crippen LogP contribution in [0.15, 0.2) is 71.8 Å². The third kappa shape index (κ3) is 5.83. The summed E-state index contributed by atoms with van der Waals surface area (Å²) in [5.74, 6) is 0.906. The first-order valence-corrected chi connectivity index (χ1v) is 9.38. The lowest BCUT2D eigenvalue weighted by atomic mass is 10.2. The van der Waals surface area contributed by atoms with Gasteiger partial charge in [-0.05, 0) is 60.5 Å². The molecule has 29 heavy (non-hydrogen) atoms.